The maximum Gasteiger partial charge on any atom is 0.308 e. The Kier molecular flexibility index (Phi) is 4.62. The average Bonchev–Trinajstić information content (AvgIpc) is 2.84. The van der Waals surface area contributed by atoms with Gasteiger partial charge in [0.1, 0.15) is 6.29 Å². The highest BCUT2D eigenvalue weighted by molar-refractivity contribution is 5.72. The van der Waals surface area contributed by atoms with Crippen molar-refractivity contribution in [3.05, 3.63) is 0 Å². The summed E-state index contributed by atoms with van der Waals surface area (Å²) in [6, 6.07) is 0. The predicted octanol–water partition coefficient (Wildman–Crippen LogP) is 2.72. The zero-order chi connectivity index (χ0) is 18.5. The van der Waals surface area contributed by atoms with Gasteiger partial charge in [-0.3, -0.25) is 4.79 Å². The number of ether oxygens (including phenoxy) is 3. The van der Waals surface area contributed by atoms with Crippen LogP contribution in [0.3, 0.4) is 0 Å². The Balaban J connectivity index is 1.62. The average molecular weight is 368 g/mol. The molecule has 1 saturated carbocycles. The number of carbonyl (C=O) groups is 2. The summed E-state index contributed by atoms with van der Waals surface area (Å²) in [6.07, 6.45) is 3.37. The molecule has 0 aromatic rings. The van der Waals surface area contributed by atoms with Crippen LogP contribution in [0.15, 0.2) is 0 Å². The molecular weight excluding hydrogens is 340 g/mol. The first-order valence-corrected chi connectivity index (χ1v) is 9.73. The number of fused-ring (bicyclic) bond motifs is 2. The maximum atomic E-state index is 12.0. The molecule has 8 atom stereocenters. The van der Waals surface area contributed by atoms with Crippen molar-refractivity contribution in [3.8, 4) is 0 Å². The number of esters is 1. The molecule has 1 spiro atoms. The number of hydrogen-bond donors (Lipinski definition) is 0. The molecule has 4 saturated heterocycles. The normalized spacial score (nSPS) is 49.8. The number of aldehydes is 1. The van der Waals surface area contributed by atoms with Crippen LogP contribution in [0.5, 0.6) is 0 Å². The molecule has 6 unspecified atom stereocenters. The molecule has 0 radical (unpaired) electrons. The lowest BCUT2D eigenvalue weighted by Gasteiger charge is -2.59. The van der Waals surface area contributed by atoms with Crippen LogP contribution in [0.1, 0.15) is 59.3 Å². The van der Waals surface area contributed by atoms with E-state index in [2.05, 4.69) is 6.92 Å². The monoisotopic (exact) mass is 368 g/mol. The van der Waals surface area contributed by atoms with Gasteiger partial charge in [0, 0.05) is 24.7 Å². The fraction of sp³-hybridized carbons (Fsp3) is 0.895. The molecule has 5 aliphatic rings. The first-order valence-electron chi connectivity index (χ1n) is 9.73. The second kappa shape index (κ2) is 6.55. The Labute approximate surface area is 153 Å². The Morgan fingerprint density at radius 1 is 1.19 bits per heavy atom. The Hall–Kier alpha value is -1.02. The van der Waals surface area contributed by atoms with E-state index >= 15 is 0 Å². The molecule has 146 valence electrons. The molecule has 26 heavy (non-hydrogen) atoms. The van der Waals surface area contributed by atoms with Crippen molar-refractivity contribution in [2.24, 2.45) is 23.7 Å². The highest BCUT2D eigenvalue weighted by Crippen LogP contribution is 2.60. The lowest BCUT2D eigenvalue weighted by molar-refractivity contribution is -0.576. The van der Waals surface area contributed by atoms with Gasteiger partial charge in [0.2, 0.25) is 12.1 Å². The van der Waals surface area contributed by atoms with E-state index in [1.807, 2.05) is 13.8 Å². The molecule has 7 nitrogen and oxygen atoms in total. The summed E-state index contributed by atoms with van der Waals surface area (Å²) in [5, 5.41) is 0. The number of hydrogen-bond acceptors (Lipinski definition) is 7. The van der Waals surface area contributed by atoms with Crippen molar-refractivity contribution in [2.75, 3.05) is 0 Å². The fourth-order valence-corrected chi connectivity index (χ4v) is 5.37. The highest BCUT2D eigenvalue weighted by Gasteiger charge is 2.69. The maximum absolute atomic E-state index is 12.0. The molecule has 4 aliphatic heterocycles. The van der Waals surface area contributed by atoms with Gasteiger partial charge in [-0.15, -0.1) is 0 Å². The SMILES string of the molecule is CC1CCC2[C@@H](C)C(OC(=O)CCC=O)O[C@@H]3OC4(C)CCC1C23OO4. The van der Waals surface area contributed by atoms with E-state index in [0.717, 1.165) is 25.7 Å². The molecule has 1 aliphatic carbocycles. The predicted molar refractivity (Wildman–Crippen MR) is 88.2 cm³/mol. The number of carbonyl (C=O) groups excluding carboxylic acids is 2. The van der Waals surface area contributed by atoms with Gasteiger partial charge < -0.3 is 19.0 Å². The van der Waals surface area contributed by atoms with Gasteiger partial charge in [-0.05, 0) is 38.0 Å². The third-order valence-electron chi connectivity index (χ3n) is 6.81. The smallest absolute Gasteiger partial charge is 0.308 e. The molecule has 5 fully saturated rings. The van der Waals surface area contributed by atoms with Crippen molar-refractivity contribution in [1.29, 1.82) is 0 Å². The van der Waals surface area contributed by atoms with Crippen LogP contribution >= 0.6 is 0 Å². The number of rotatable bonds is 4. The summed E-state index contributed by atoms with van der Waals surface area (Å²) in [5.41, 5.74) is -0.654. The summed E-state index contributed by atoms with van der Waals surface area (Å²) in [6.45, 7) is 6.15. The van der Waals surface area contributed by atoms with Gasteiger partial charge in [0.25, 0.3) is 0 Å². The first-order chi connectivity index (χ1) is 12.4. The molecule has 0 aromatic heterocycles. The van der Waals surface area contributed by atoms with Crippen LogP contribution in [0.2, 0.25) is 0 Å². The minimum absolute atomic E-state index is 0.0453. The Bertz CT molecular complexity index is 580. The third kappa shape index (κ3) is 2.71. The van der Waals surface area contributed by atoms with E-state index in [1.54, 1.807) is 0 Å². The van der Waals surface area contributed by atoms with E-state index in [0.29, 0.717) is 12.2 Å². The van der Waals surface area contributed by atoms with Gasteiger partial charge >= 0.3 is 5.97 Å². The molecular formula is C19H28O7. The highest BCUT2D eigenvalue weighted by atomic mass is 17.3. The van der Waals surface area contributed by atoms with Gasteiger partial charge in [-0.25, -0.2) is 9.78 Å². The summed E-state index contributed by atoms with van der Waals surface area (Å²) in [7, 11) is 0. The van der Waals surface area contributed by atoms with E-state index in [-0.39, 0.29) is 30.6 Å². The van der Waals surface area contributed by atoms with E-state index in [1.165, 1.54) is 0 Å². The van der Waals surface area contributed by atoms with Crippen LogP contribution in [-0.4, -0.2) is 36.2 Å². The van der Waals surface area contributed by atoms with Crippen LogP contribution in [-0.2, 0) is 33.6 Å². The van der Waals surface area contributed by atoms with Crippen LogP contribution < -0.4 is 0 Å². The minimum Gasteiger partial charge on any atom is -0.435 e. The van der Waals surface area contributed by atoms with Crippen LogP contribution in [0.4, 0.5) is 0 Å². The Morgan fingerprint density at radius 3 is 2.77 bits per heavy atom. The van der Waals surface area contributed by atoms with Gasteiger partial charge in [0.05, 0.1) is 6.42 Å². The molecule has 7 heteroatoms. The van der Waals surface area contributed by atoms with Crippen molar-refractivity contribution < 1.29 is 33.6 Å². The molecule has 0 amide bonds. The van der Waals surface area contributed by atoms with E-state index < -0.39 is 29.9 Å². The van der Waals surface area contributed by atoms with E-state index in [4.69, 9.17) is 24.0 Å². The van der Waals surface area contributed by atoms with Gasteiger partial charge in [0.15, 0.2) is 11.9 Å². The lowest BCUT2D eigenvalue weighted by atomic mass is 9.58. The summed E-state index contributed by atoms with van der Waals surface area (Å²) in [5.74, 6) is -0.420. The summed E-state index contributed by atoms with van der Waals surface area (Å²) < 4.78 is 17.9. The third-order valence-corrected chi connectivity index (χ3v) is 6.81. The molecule has 2 bridgehead atoms. The first kappa shape index (κ1) is 18.3. The quantitative estimate of drug-likeness (QED) is 0.429. The second-order valence-electron chi connectivity index (χ2n) is 8.47. The second-order valence-corrected chi connectivity index (χ2v) is 8.47. The van der Waals surface area contributed by atoms with Crippen molar-refractivity contribution >= 4 is 12.3 Å². The standard InChI is InChI=1S/C19H28O7/c1-11-6-7-14-12(2)16(22-15(21)5-4-10-20)23-17-19(14)13(11)8-9-18(3,24-17)25-26-19/h10-14,16-17H,4-9H2,1-3H3/t11?,12-,13?,14?,16?,17-,18?,19?/m1/s1. The summed E-state index contributed by atoms with van der Waals surface area (Å²) >= 11 is 0. The fourth-order valence-electron chi connectivity index (χ4n) is 5.37. The lowest BCUT2D eigenvalue weighted by Crippen LogP contribution is -2.70. The summed E-state index contributed by atoms with van der Waals surface area (Å²) in [4.78, 5) is 34.3. The zero-order valence-electron chi connectivity index (χ0n) is 15.6. The molecule has 0 aromatic carbocycles. The van der Waals surface area contributed by atoms with E-state index in [9.17, 15) is 9.59 Å². The zero-order valence-corrected chi connectivity index (χ0v) is 15.6. The Morgan fingerprint density at radius 2 is 2.00 bits per heavy atom. The molecule has 0 N–H and O–H groups in total. The minimum atomic E-state index is -0.843. The van der Waals surface area contributed by atoms with Gasteiger partial charge in [-0.1, -0.05) is 13.8 Å². The van der Waals surface area contributed by atoms with Crippen molar-refractivity contribution in [3.63, 3.8) is 0 Å². The molecule has 5 rings (SSSR count). The molecule has 4 heterocycles. The van der Waals surface area contributed by atoms with Crippen molar-refractivity contribution in [2.45, 2.75) is 83.3 Å². The topological polar surface area (TPSA) is 80.3 Å². The largest absolute Gasteiger partial charge is 0.435 e. The van der Waals surface area contributed by atoms with Gasteiger partial charge in [-0.2, -0.15) is 0 Å². The van der Waals surface area contributed by atoms with Crippen molar-refractivity contribution in [1.82, 2.24) is 0 Å². The van der Waals surface area contributed by atoms with Crippen LogP contribution in [0, 0.1) is 23.7 Å². The van der Waals surface area contributed by atoms with Crippen LogP contribution in [0.25, 0.3) is 0 Å².